The second kappa shape index (κ2) is 6.56. The molecule has 0 saturated carbocycles. The third kappa shape index (κ3) is 2.90. The highest BCUT2D eigenvalue weighted by Crippen LogP contribution is 2.25. The van der Waals surface area contributed by atoms with Crippen LogP contribution in [0.2, 0.25) is 0 Å². The normalized spacial score (nSPS) is 11.0. The van der Waals surface area contributed by atoms with Crippen molar-refractivity contribution in [2.45, 2.75) is 6.54 Å². The molecule has 1 heterocycles. The van der Waals surface area contributed by atoms with Gasteiger partial charge in [0.25, 0.3) is 5.56 Å². The number of benzene rings is 3. The molecule has 0 saturated heterocycles. The second-order valence-electron chi connectivity index (χ2n) is 6.12. The lowest BCUT2D eigenvalue weighted by Crippen LogP contribution is -2.20. The van der Waals surface area contributed by atoms with E-state index in [1.54, 1.807) is 66.9 Å². The molecule has 0 aliphatic rings. The van der Waals surface area contributed by atoms with Crippen LogP contribution in [0.15, 0.2) is 83.8 Å². The van der Waals surface area contributed by atoms with Gasteiger partial charge in [0, 0.05) is 22.7 Å². The number of nitrogens with zero attached hydrogens (tertiary/aromatic N) is 1. The first-order valence-electron chi connectivity index (χ1n) is 8.25. The Balaban J connectivity index is 1.78. The standard InChI is InChI=1S/C22H15F2NO/c23-20-7-3-1-5-17(20)14-25-12-11-16-13-15(9-10-19(16)22(25)26)18-6-2-4-8-21(18)24/h1-13H,14H2. The largest absolute Gasteiger partial charge is 0.310 e. The summed E-state index contributed by atoms with van der Waals surface area (Å²) in [7, 11) is 0. The Morgan fingerprint density at radius 2 is 1.54 bits per heavy atom. The van der Waals surface area contributed by atoms with Gasteiger partial charge < -0.3 is 4.57 Å². The summed E-state index contributed by atoms with van der Waals surface area (Å²) in [5.41, 5.74) is 1.45. The smallest absolute Gasteiger partial charge is 0.258 e. The molecule has 0 amide bonds. The van der Waals surface area contributed by atoms with Gasteiger partial charge in [0.15, 0.2) is 0 Å². The molecule has 4 aromatic rings. The van der Waals surface area contributed by atoms with Gasteiger partial charge in [-0.2, -0.15) is 0 Å². The van der Waals surface area contributed by atoms with Gasteiger partial charge in [-0.05, 0) is 41.3 Å². The van der Waals surface area contributed by atoms with Crippen molar-refractivity contribution < 1.29 is 8.78 Å². The number of aromatic nitrogens is 1. The number of rotatable bonds is 3. The fourth-order valence-electron chi connectivity index (χ4n) is 3.09. The fraction of sp³-hybridized carbons (Fsp3) is 0.0455. The maximum Gasteiger partial charge on any atom is 0.258 e. The van der Waals surface area contributed by atoms with Crippen LogP contribution in [0.5, 0.6) is 0 Å². The molecule has 0 fully saturated rings. The van der Waals surface area contributed by atoms with Crippen LogP contribution >= 0.6 is 0 Å². The molecule has 0 N–H and O–H groups in total. The van der Waals surface area contributed by atoms with Crippen molar-refractivity contribution in [3.05, 3.63) is 107 Å². The number of hydrogen-bond acceptors (Lipinski definition) is 1. The van der Waals surface area contributed by atoms with Crippen molar-refractivity contribution in [1.29, 1.82) is 0 Å². The first-order valence-corrected chi connectivity index (χ1v) is 8.25. The first-order chi connectivity index (χ1) is 12.6. The Bertz CT molecular complexity index is 1160. The number of halogens is 2. The number of pyridine rings is 1. The second-order valence-corrected chi connectivity index (χ2v) is 6.12. The minimum atomic E-state index is -0.339. The van der Waals surface area contributed by atoms with Crippen molar-refractivity contribution in [2.24, 2.45) is 0 Å². The van der Waals surface area contributed by atoms with E-state index in [-0.39, 0.29) is 23.7 Å². The minimum Gasteiger partial charge on any atom is -0.310 e. The van der Waals surface area contributed by atoms with E-state index in [2.05, 4.69) is 0 Å². The van der Waals surface area contributed by atoms with E-state index in [1.807, 2.05) is 0 Å². The van der Waals surface area contributed by atoms with Gasteiger partial charge in [-0.15, -0.1) is 0 Å². The Kier molecular flexibility index (Phi) is 4.09. The zero-order valence-corrected chi connectivity index (χ0v) is 13.8. The Hall–Kier alpha value is -3.27. The quantitative estimate of drug-likeness (QED) is 0.511. The molecule has 4 heteroatoms. The molecular formula is C22H15F2NO. The predicted molar refractivity (Wildman–Crippen MR) is 99.1 cm³/mol. The molecule has 0 radical (unpaired) electrons. The van der Waals surface area contributed by atoms with Crippen LogP contribution in [0.3, 0.4) is 0 Å². The van der Waals surface area contributed by atoms with Gasteiger partial charge in [-0.1, -0.05) is 42.5 Å². The van der Waals surface area contributed by atoms with Crippen LogP contribution in [0, 0.1) is 11.6 Å². The van der Waals surface area contributed by atoms with Crippen LogP contribution in [0.25, 0.3) is 21.9 Å². The number of hydrogen-bond donors (Lipinski definition) is 0. The van der Waals surface area contributed by atoms with Crippen LogP contribution in [0.4, 0.5) is 8.78 Å². The summed E-state index contributed by atoms with van der Waals surface area (Å²) >= 11 is 0. The molecular weight excluding hydrogens is 332 g/mol. The van der Waals surface area contributed by atoms with Crippen molar-refractivity contribution in [3.63, 3.8) is 0 Å². The SMILES string of the molecule is O=c1c2ccc(-c3ccccc3F)cc2ccn1Cc1ccccc1F. The van der Waals surface area contributed by atoms with E-state index in [0.29, 0.717) is 22.1 Å². The summed E-state index contributed by atoms with van der Waals surface area (Å²) in [5, 5.41) is 1.24. The van der Waals surface area contributed by atoms with Crippen LogP contribution in [-0.2, 0) is 6.54 Å². The molecule has 0 spiro atoms. The molecule has 4 rings (SSSR count). The molecule has 128 valence electrons. The molecule has 2 nitrogen and oxygen atoms in total. The minimum absolute atomic E-state index is 0.163. The van der Waals surface area contributed by atoms with Crippen LogP contribution < -0.4 is 5.56 Å². The lowest BCUT2D eigenvalue weighted by Gasteiger charge is -2.10. The number of fused-ring (bicyclic) bond motifs is 1. The zero-order chi connectivity index (χ0) is 18.1. The third-order valence-corrected chi connectivity index (χ3v) is 4.46. The van der Waals surface area contributed by atoms with Crippen LogP contribution in [0.1, 0.15) is 5.56 Å². The maximum atomic E-state index is 14.0. The Labute approximate surface area is 149 Å². The van der Waals surface area contributed by atoms with Crippen LogP contribution in [-0.4, -0.2) is 4.57 Å². The molecule has 1 aromatic heterocycles. The lowest BCUT2D eigenvalue weighted by molar-refractivity contribution is 0.597. The summed E-state index contributed by atoms with van der Waals surface area (Å²) in [5.74, 6) is -0.644. The van der Waals surface area contributed by atoms with E-state index in [9.17, 15) is 13.6 Å². The monoisotopic (exact) mass is 347 g/mol. The van der Waals surface area contributed by atoms with Gasteiger partial charge in [0.1, 0.15) is 11.6 Å². The topological polar surface area (TPSA) is 22.0 Å². The summed E-state index contributed by atoms with van der Waals surface area (Å²) in [6.45, 7) is 0.163. The molecule has 0 aliphatic carbocycles. The molecule has 0 atom stereocenters. The highest BCUT2D eigenvalue weighted by atomic mass is 19.1. The molecule has 3 aromatic carbocycles. The van der Waals surface area contributed by atoms with Gasteiger partial charge in [0.2, 0.25) is 0 Å². The van der Waals surface area contributed by atoms with Gasteiger partial charge in [-0.3, -0.25) is 4.79 Å². The van der Waals surface area contributed by atoms with Crippen molar-refractivity contribution in [1.82, 2.24) is 4.57 Å². The molecule has 0 bridgehead atoms. The molecule has 0 unspecified atom stereocenters. The highest BCUT2D eigenvalue weighted by molar-refractivity contribution is 5.86. The van der Waals surface area contributed by atoms with E-state index in [0.717, 1.165) is 5.39 Å². The summed E-state index contributed by atoms with van der Waals surface area (Å²) in [4.78, 5) is 12.7. The Morgan fingerprint density at radius 1 is 0.808 bits per heavy atom. The Morgan fingerprint density at radius 3 is 2.31 bits per heavy atom. The van der Waals surface area contributed by atoms with E-state index < -0.39 is 0 Å². The van der Waals surface area contributed by atoms with E-state index >= 15 is 0 Å². The fourth-order valence-corrected chi connectivity index (χ4v) is 3.09. The molecule has 26 heavy (non-hydrogen) atoms. The van der Waals surface area contributed by atoms with Gasteiger partial charge in [-0.25, -0.2) is 8.78 Å². The van der Waals surface area contributed by atoms with Gasteiger partial charge in [0.05, 0.1) is 6.54 Å². The van der Waals surface area contributed by atoms with Crippen molar-refractivity contribution in [2.75, 3.05) is 0 Å². The first kappa shape index (κ1) is 16.2. The zero-order valence-electron chi connectivity index (χ0n) is 13.8. The maximum absolute atomic E-state index is 14.0. The average molecular weight is 347 g/mol. The summed E-state index contributed by atoms with van der Waals surface area (Å²) in [6, 6.07) is 19.9. The third-order valence-electron chi connectivity index (χ3n) is 4.46. The molecule has 0 aliphatic heterocycles. The highest BCUT2D eigenvalue weighted by Gasteiger charge is 2.09. The van der Waals surface area contributed by atoms with Crippen molar-refractivity contribution in [3.8, 4) is 11.1 Å². The predicted octanol–water partition coefficient (Wildman–Crippen LogP) is 5.00. The van der Waals surface area contributed by atoms with Gasteiger partial charge >= 0.3 is 0 Å². The van der Waals surface area contributed by atoms with E-state index in [1.165, 1.54) is 16.7 Å². The van der Waals surface area contributed by atoms with E-state index in [4.69, 9.17) is 0 Å². The summed E-state index contributed by atoms with van der Waals surface area (Å²) in [6.07, 6.45) is 1.64. The lowest BCUT2D eigenvalue weighted by atomic mass is 10.0. The average Bonchev–Trinajstić information content (AvgIpc) is 2.66. The van der Waals surface area contributed by atoms with Crippen molar-refractivity contribution >= 4 is 10.8 Å². The summed E-state index contributed by atoms with van der Waals surface area (Å²) < 4.78 is 29.3.